The van der Waals surface area contributed by atoms with Crippen LogP contribution in [0.4, 0.5) is 0 Å². The van der Waals surface area contributed by atoms with E-state index in [1.807, 2.05) is 19.1 Å². The van der Waals surface area contributed by atoms with Gasteiger partial charge in [-0.25, -0.2) is 4.79 Å². The first-order chi connectivity index (χ1) is 12.1. The van der Waals surface area contributed by atoms with E-state index in [9.17, 15) is 14.4 Å². The van der Waals surface area contributed by atoms with Crippen LogP contribution in [0.1, 0.15) is 49.5 Å². The molecule has 128 valence electrons. The molecule has 0 saturated heterocycles. The van der Waals surface area contributed by atoms with Gasteiger partial charge in [-0.05, 0) is 44.0 Å². The van der Waals surface area contributed by atoms with Gasteiger partial charge < -0.3 is 4.74 Å². The molecule has 0 fully saturated rings. The first kappa shape index (κ1) is 16.9. The third-order valence-corrected chi connectivity index (χ3v) is 4.14. The van der Waals surface area contributed by atoms with E-state index in [4.69, 9.17) is 4.74 Å². The van der Waals surface area contributed by atoms with Crippen LogP contribution >= 0.6 is 0 Å². The Bertz CT molecular complexity index is 793. The Kier molecular flexibility index (Phi) is 4.93. The zero-order valence-corrected chi connectivity index (χ0v) is 14.0. The van der Waals surface area contributed by atoms with Crippen molar-refractivity contribution < 1.29 is 19.1 Å². The van der Waals surface area contributed by atoms with Gasteiger partial charge in [-0.15, -0.1) is 0 Å². The summed E-state index contributed by atoms with van der Waals surface area (Å²) in [5.41, 5.74) is 2.44. The summed E-state index contributed by atoms with van der Waals surface area (Å²) < 4.78 is 5.24. The van der Waals surface area contributed by atoms with Crippen LogP contribution in [0.2, 0.25) is 0 Å². The molecule has 0 atom stereocenters. The summed E-state index contributed by atoms with van der Waals surface area (Å²) in [5.74, 6) is -0.862. The van der Waals surface area contributed by atoms with E-state index < -0.39 is 0 Å². The zero-order valence-electron chi connectivity index (χ0n) is 14.0. The first-order valence-electron chi connectivity index (χ1n) is 8.27. The number of imide groups is 1. The van der Waals surface area contributed by atoms with Gasteiger partial charge in [0.25, 0.3) is 11.8 Å². The first-order valence-corrected chi connectivity index (χ1v) is 8.27. The fourth-order valence-electron chi connectivity index (χ4n) is 2.83. The van der Waals surface area contributed by atoms with Gasteiger partial charge in [-0.2, -0.15) is 0 Å². The molecular weight excluding hydrogens is 318 g/mol. The summed E-state index contributed by atoms with van der Waals surface area (Å²) in [4.78, 5) is 37.6. The Balaban J connectivity index is 1.44. The number of nitrogens with zero attached hydrogens (tertiary/aromatic N) is 1. The van der Waals surface area contributed by atoms with E-state index in [1.54, 1.807) is 36.4 Å². The number of benzene rings is 2. The minimum Gasteiger partial charge on any atom is -0.462 e. The molecule has 0 spiro atoms. The molecule has 0 bridgehead atoms. The molecule has 2 aromatic rings. The molecule has 0 unspecified atom stereocenters. The molecule has 25 heavy (non-hydrogen) atoms. The Labute approximate surface area is 146 Å². The second-order valence-electron chi connectivity index (χ2n) is 6.02. The number of carbonyl (C=O) groups excluding carboxylic acids is 3. The standard InChI is InChI=1S/C20H19NO4/c1-14-7-6-8-15(13-14)20(24)25-12-5-4-11-21-18(22)16-9-2-3-10-17(16)19(21)23/h2-3,6-10,13H,4-5,11-12H2,1H3. The summed E-state index contributed by atoms with van der Waals surface area (Å²) in [5, 5.41) is 0. The van der Waals surface area contributed by atoms with Crippen molar-refractivity contribution in [2.45, 2.75) is 19.8 Å². The summed E-state index contributed by atoms with van der Waals surface area (Å²) in [6.07, 6.45) is 1.18. The number of hydrogen-bond donors (Lipinski definition) is 0. The SMILES string of the molecule is Cc1cccc(C(=O)OCCCCN2C(=O)c3ccccc3C2=O)c1. The van der Waals surface area contributed by atoms with Gasteiger partial charge in [0.1, 0.15) is 0 Å². The van der Waals surface area contributed by atoms with Gasteiger partial charge in [0.15, 0.2) is 0 Å². The molecule has 2 aromatic carbocycles. The van der Waals surface area contributed by atoms with Crippen molar-refractivity contribution in [3.8, 4) is 0 Å². The number of rotatable bonds is 6. The van der Waals surface area contributed by atoms with E-state index in [1.165, 1.54) is 4.90 Å². The number of unbranched alkanes of at least 4 members (excludes halogenated alkanes) is 1. The van der Waals surface area contributed by atoms with Crippen molar-refractivity contribution in [3.05, 3.63) is 70.8 Å². The van der Waals surface area contributed by atoms with E-state index >= 15 is 0 Å². The quantitative estimate of drug-likeness (QED) is 0.461. The number of carbonyl (C=O) groups is 3. The molecule has 2 amide bonds. The maximum atomic E-state index is 12.2. The van der Waals surface area contributed by atoms with Crippen molar-refractivity contribution in [2.24, 2.45) is 0 Å². The topological polar surface area (TPSA) is 63.7 Å². The molecule has 0 aromatic heterocycles. The number of ether oxygens (including phenoxy) is 1. The lowest BCUT2D eigenvalue weighted by Gasteiger charge is -2.13. The van der Waals surface area contributed by atoms with Gasteiger partial charge >= 0.3 is 5.97 Å². The highest BCUT2D eigenvalue weighted by molar-refractivity contribution is 6.21. The average Bonchev–Trinajstić information content (AvgIpc) is 2.86. The van der Waals surface area contributed by atoms with Crippen LogP contribution in [-0.2, 0) is 4.74 Å². The van der Waals surface area contributed by atoms with Crippen LogP contribution in [0.5, 0.6) is 0 Å². The summed E-state index contributed by atoms with van der Waals surface area (Å²) in [6.45, 7) is 2.50. The third-order valence-electron chi connectivity index (χ3n) is 4.14. The highest BCUT2D eigenvalue weighted by Gasteiger charge is 2.34. The smallest absolute Gasteiger partial charge is 0.338 e. The lowest BCUT2D eigenvalue weighted by molar-refractivity contribution is 0.0485. The molecular formula is C20H19NO4. The van der Waals surface area contributed by atoms with Gasteiger partial charge in [0, 0.05) is 6.54 Å². The van der Waals surface area contributed by atoms with Gasteiger partial charge in [0.2, 0.25) is 0 Å². The molecule has 0 N–H and O–H groups in total. The number of hydrogen-bond acceptors (Lipinski definition) is 4. The summed E-state index contributed by atoms with van der Waals surface area (Å²) in [7, 11) is 0. The van der Waals surface area contributed by atoms with Crippen LogP contribution in [-0.4, -0.2) is 35.8 Å². The normalized spacial score (nSPS) is 13.1. The second-order valence-corrected chi connectivity index (χ2v) is 6.02. The van der Waals surface area contributed by atoms with E-state index in [2.05, 4.69) is 0 Å². The Morgan fingerprint density at radius 1 is 0.960 bits per heavy atom. The molecule has 0 aliphatic carbocycles. The minimum atomic E-state index is -0.357. The van der Waals surface area contributed by atoms with Crippen LogP contribution in [0.3, 0.4) is 0 Å². The van der Waals surface area contributed by atoms with Crippen LogP contribution in [0, 0.1) is 6.92 Å². The van der Waals surface area contributed by atoms with Crippen molar-refractivity contribution in [3.63, 3.8) is 0 Å². The van der Waals surface area contributed by atoms with Crippen LogP contribution in [0.25, 0.3) is 0 Å². The van der Waals surface area contributed by atoms with E-state index in [0.717, 1.165) is 5.56 Å². The van der Waals surface area contributed by atoms with Crippen LogP contribution in [0.15, 0.2) is 48.5 Å². The second kappa shape index (κ2) is 7.30. The maximum Gasteiger partial charge on any atom is 0.338 e. The predicted octanol–water partition coefficient (Wildman–Crippen LogP) is 3.23. The zero-order chi connectivity index (χ0) is 17.8. The molecule has 5 heteroatoms. The fraction of sp³-hybridized carbons (Fsp3) is 0.250. The largest absolute Gasteiger partial charge is 0.462 e. The Morgan fingerprint density at radius 3 is 2.28 bits per heavy atom. The molecule has 0 radical (unpaired) electrons. The van der Waals surface area contributed by atoms with Crippen molar-refractivity contribution in [2.75, 3.05) is 13.2 Å². The monoisotopic (exact) mass is 337 g/mol. The van der Waals surface area contributed by atoms with Gasteiger partial charge in [0.05, 0.1) is 23.3 Å². The van der Waals surface area contributed by atoms with Crippen molar-refractivity contribution >= 4 is 17.8 Å². The lowest BCUT2D eigenvalue weighted by atomic mass is 10.1. The fourth-order valence-corrected chi connectivity index (χ4v) is 2.83. The Morgan fingerprint density at radius 2 is 1.64 bits per heavy atom. The number of amides is 2. The predicted molar refractivity (Wildman–Crippen MR) is 92.5 cm³/mol. The summed E-state index contributed by atoms with van der Waals surface area (Å²) >= 11 is 0. The molecule has 5 nitrogen and oxygen atoms in total. The van der Waals surface area contributed by atoms with Gasteiger partial charge in [-0.1, -0.05) is 29.8 Å². The molecule has 3 rings (SSSR count). The van der Waals surface area contributed by atoms with Crippen LogP contribution < -0.4 is 0 Å². The number of fused-ring (bicyclic) bond motifs is 1. The van der Waals surface area contributed by atoms with Crippen molar-refractivity contribution in [1.29, 1.82) is 0 Å². The summed E-state index contributed by atoms with van der Waals surface area (Å²) in [6, 6.07) is 14.1. The van der Waals surface area contributed by atoms with E-state index in [-0.39, 0.29) is 24.4 Å². The highest BCUT2D eigenvalue weighted by atomic mass is 16.5. The number of esters is 1. The number of aryl methyl sites for hydroxylation is 1. The van der Waals surface area contributed by atoms with Crippen molar-refractivity contribution in [1.82, 2.24) is 4.90 Å². The highest BCUT2D eigenvalue weighted by Crippen LogP contribution is 2.22. The molecule has 0 saturated carbocycles. The Hall–Kier alpha value is -2.95. The van der Waals surface area contributed by atoms with Gasteiger partial charge in [-0.3, -0.25) is 14.5 Å². The third kappa shape index (κ3) is 3.60. The lowest BCUT2D eigenvalue weighted by Crippen LogP contribution is -2.30. The molecule has 1 heterocycles. The minimum absolute atomic E-state index is 0.252. The van der Waals surface area contributed by atoms with E-state index in [0.29, 0.717) is 36.1 Å². The maximum absolute atomic E-state index is 12.2. The average molecular weight is 337 g/mol. The molecule has 1 aliphatic heterocycles. The molecule has 1 aliphatic rings.